The van der Waals surface area contributed by atoms with Crippen molar-refractivity contribution in [1.29, 1.82) is 5.26 Å². The van der Waals surface area contributed by atoms with Crippen LogP contribution in [0.2, 0.25) is 0 Å². The number of rotatable bonds is 7. The van der Waals surface area contributed by atoms with Gasteiger partial charge < -0.3 is 9.84 Å². The summed E-state index contributed by atoms with van der Waals surface area (Å²) in [5, 5.41) is 27.1. The largest absolute Gasteiger partial charge is 0.491 e. The van der Waals surface area contributed by atoms with E-state index in [1.54, 1.807) is 42.5 Å². The molecule has 2 aromatic carbocycles. The van der Waals surface area contributed by atoms with E-state index >= 15 is 0 Å². The Morgan fingerprint density at radius 2 is 2.00 bits per heavy atom. The fourth-order valence-electron chi connectivity index (χ4n) is 2.17. The van der Waals surface area contributed by atoms with Crippen LogP contribution in [0.1, 0.15) is 5.56 Å². The molecule has 1 unspecified atom stereocenters. The lowest BCUT2D eigenvalue weighted by atomic mass is 10.2. The first-order chi connectivity index (χ1) is 12.7. The summed E-state index contributed by atoms with van der Waals surface area (Å²) in [5.74, 6) is 0.505. The number of halogens is 1. The number of thioether (sulfide) groups is 1. The molecular formula is C18H15FN4O2S. The van der Waals surface area contributed by atoms with Crippen molar-refractivity contribution in [3.05, 3.63) is 66.2 Å². The quantitative estimate of drug-likeness (QED) is 0.644. The Labute approximate surface area is 153 Å². The number of para-hydroxylation sites is 1. The number of nitriles is 1. The second-order valence-corrected chi connectivity index (χ2v) is 6.33. The van der Waals surface area contributed by atoms with Gasteiger partial charge in [-0.3, -0.25) is 4.57 Å². The summed E-state index contributed by atoms with van der Waals surface area (Å²) in [6.45, 7) is 0.0900. The van der Waals surface area contributed by atoms with Crippen molar-refractivity contribution in [3.63, 3.8) is 0 Å². The number of benzene rings is 2. The zero-order valence-corrected chi connectivity index (χ0v) is 14.4. The van der Waals surface area contributed by atoms with Gasteiger partial charge >= 0.3 is 0 Å². The van der Waals surface area contributed by atoms with Crippen LogP contribution < -0.4 is 4.74 Å². The number of aromatic nitrogens is 3. The molecule has 1 atom stereocenters. The number of ether oxygens (including phenoxy) is 1. The van der Waals surface area contributed by atoms with Gasteiger partial charge in [-0.05, 0) is 36.4 Å². The van der Waals surface area contributed by atoms with E-state index in [2.05, 4.69) is 10.2 Å². The average molecular weight is 370 g/mol. The van der Waals surface area contributed by atoms with Crippen LogP contribution in [0, 0.1) is 17.1 Å². The second kappa shape index (κ2) is 8.47. The fraction of sp³-hybridized carbons (Fsp3) is 0.167. The van der Waals surface area contributed by atoms with Gasteiger partial charge in [-0.1, -0.05) is 23.9 Å². The van der Waals surface area contributed by atoms with Crippen molar-refractivity contribution < 1.29 is 14.2 Å². The molecule has 0 radical (unpaired) electrons. The summed E-state index contributed by atoms with van der Waals surface area (Å²) in [7, 11) is 0. The Morgan fingerprint density at radius 1 is 1.23 bits per heavy atom. The van der Waals surface area contributed by atoms with Gasteiger partial charge in [-0.2, -0.15) is 5.26 Å². The predicted molar refractivity (Wildman–Crippen MR) is 94.7 cm³/mol. The molecule has 3 aromatic rings. The lowest BCUT2D eigenvalue weighted by Gasteiger charge is -2.12. The first-order valence-electron chi connectivity index (χ1n) is 7.76. The van der Waals surface area contributed by atoms with Crippen LogP contribution in [0.3, 0.4) is 0 Å². The molecule has 1 N–H and O–H groups in total. The second-order valence-electron chi connectivity index (χ2n) is 5.35. The zero-order chi connectivity index (χ0) is 18.4. The molecule has 0 aliphatic heterocycles. The van der Waals surface area contributed by atoms with Crippen molar-refractivity contribution in [2.75, 3.05) is 12.4 Å². The fourth-order valence-corrected chi connectivity index (χ4v) is 3.00. The van der Waals surface area contributed by atoms with Crippen LogP contribution in [0.15, 0.2) is 60.0 Å². The van der Waals surface area contributed by atoms with E-state index in [1.165, 1.54) is 28.7 Å². The molecule has 0 saturated carbocycles. The van der Waals surface area contributed by atoms with Crippen molar-refractivity contribution in [2.24, 2.45) is 0 Å². The molecule has 132 valence electrons. The maximum atomic E-state index is 13.9. The molecular weight excluding hydrogens is 355 g/mol. The molecule has 0 spiro atoms. The Hall–Kier alpha value is -2.89. The van der Waals surface area contributed by atoms with Gasteiger partial charge in [0.1, 0.15) is 24.5 Å². The molecule has 0 bridgehead atoms. The molecule has 1 aromatic heterocycles. The van der Waals surface area contributed by atoms with Crippen molar-refractivity contribution in [3.8, 4) is 17.5 Å². The molecule has 0 aliphatic rings. The van der Waals surface area contributed by atoms with Gasteiger partial charge in [0.05, 0.1) is 23.4 Å². The van der Waals surface area contributed by atoms with E-state index in [0.29, 0.717) is 27.9 Å². The van der Waals surface area contributed by atoms with E-state index in [-0.39, 0.29) is 12.4 Å². The summed E-state index contributed by atoms with van der Waals surface area (Å²) >= 11 is 1.26. The minimum Gasteiger partial charge on any atom is -0.491 e. The summed E-state index contributed by atoms with van der Waals surface area (Å²) in [6.07, 6.45) is 0.682. The molecule has 0 fully saturated rings. The van der Waals surface area contributed by atoms with Crippen LogP contribution >= 0.6 is 11.8 Å². The lowest BCUT2D eigenvalue weighted by molar-refractivity contribution is 0.126. The van der Waals surface area contributed by atoms with Gasteiger partial charge in [0.15, 0.2) is 5.16 Å². The molecule has 0 amide bonds. The first kappa shape index (κ1) is 17.9. The Kier molecular flexibility index (Phi) is 5.84. The molecule has 8 heteroatoms. The smallest absolute Gasteiger partial charge is 0.195 e. The van der Waals surface area contributed by atoms with Crippen LogP contribution in [-0.4, -0.2) is 38.3 Å². The molecule has 0 saturated heterocycles. The van der Waals surface area contributed by atoms with Gasteiger partial charge in [0, 0.05) is 5.75 Å². The minimum absolute atomic E-state index is 0.0900. The molecule has 3 rings (SSSR count). The molecule has 0 aliphatic carbocycles. The average Bonchev–Trinajstić information content (AvgIpc) is 3.14. The number of hydrogen-bond donors (Lipinski definition) is 1. The molecule has 26 heavy (non-hydrogen) atoms. The van der Waals surface area contributed by atoms with Crippen molar-refractivity contribution >= 4 is 11.8 Å². The van der Waals surface area contributed by atoms with Gasteiger partial charge in [-0.15, -0.1) is 10.2 Å². The van der Waals surface area contributed by atoms with Crippen LogP contribution in [0.25, 0.3) is 5.69 Å². The Balaban J connectivity index is 1.55. The number of aliphatic hydroxyl groups excluding tert-OH is 1. The third-order valence-corrected chi connectivity index (χ3v) is 4.55. The van der Waals surface area contributed by atoms with E-state index < -0.39 is 6.10 Å². The van der Waals surface area contributed by atoms with Crippen LogP contribution in [0.4, 0.5) is 4.39 Å². The molecule has 6 nitrogen and oxygen atoms in total. The number of aliphatic hydroxyl groups is 1. The van der Waals surface area contributed by atoms with E-state index in [9.17, 15) is 9.50 Å². The highest BCUT2D eigenvalue weighted by atomic mass is 32.2. The van der Waals surface area contributed by atoms with E-state index in [4.69, 9.17) is 10.00 Å². The van der Waals surface area contributed by atoms with E-state index in [1.807, 2.05) is 6.07 Å². The standard InChI is InChI=1S/C18H15FN4O2S/c19-16-3-1-2-4-17(16)23-12-21-22-18(23)26-11-14(24)10-25-15-7-5-13(9-20)6-8-15/h1-8,12,14,24H,10-11H2. The van der Waals surface area contributed by atoms with Crippen molar-refractivity contribution in [1.82, 2.24) is 14.8 Å². The predicted octanol–water partition coefficient (Wildman–Crippen LogP) is 2.81. The first-order valence-corrected chi connectivity index (χ1v) is 8.74. The van der Waals surface area contributed by atoms with Crippen molar-refractivity contribution in [2.45, 2.75) is 11.3 Å². The van der Waals surface area contributed by atoms with Gasteiger partial charge in [0.25, 0.3) is 0 Å². The zero-order valence-electron chi connectivity index (χ0n) is 13.6. The summed E-state index contributed by atoms with van der Waals surface area (Å²) in [4.78, 5) is 0. The maximum Gasteiger partial charge on any atom is 0.195 e. The molecule has 1 heterocycles. The Bertz CT molecular complexity index is 908. The van der Waals surface area contributed by atoms with E-state index in [0.717, 1.165) is 0 Å². The summed E-state index contributed by atoms with van der Waals surface area (Å²) in [5.41, 5.74) is 0.893. The topological polar surface area (TPSA) is 84.0 Å². The highest BCUT2D eigenvalue weighted by Crippen LogP contribution is 2.22. The number of nitrogens with zero attached hydrogens (tertiary/aromatic N) is 4. The van der Waals surface area contributed by atoms with Crippen LogP contribution in [-0.2, 0) is 0 Å². The monoisotopic (exact) mass is 370 g/mol. The SMILES string of the molecule is N#Cc1ccc(OCC(O)CSc2nncn2-c2ccccc2F)cc1. The number of hydrogen-bond acceptors (Lipinski definition) is 6. The highest BCUT2D eigenvalue weighted by molar-refractivity contribution is 7.99. The Morgan fingerprint density at radius 3 is 2.73 bits per heavy atom. The third-order valence-electron chi connectivity index (χ3n) is 3.46. The maximum absolute atomic E-state index is 13.9. The lowest BCUT2D eigenvalue weighted by Crippen LogP contribution is -2.20. The third kappa shape index (κ3) is 4.39. The summed E-state index contributed by atoms with van der Waals surface area (Å²) in [6, 6.07) is 15.0. The van der Waals surface area contributed by atoms with Gasteiger partial charge in [-0.25, -0.2) is 4.39 Å². The highest BCUT2D eigenvalue weighted by Gasteiger charge is 2.13. The minimum atomic E-state index is -0.749. The summed E-state index contributed by atoms with van der Waals surface area (Å²) < 4.78 is 21.0. The van der Waals surface area contributed by atoms with Gasteiger partial charge in [0.2, 0.25) is 0 Å². The normalized spacial score (nSPS) is 11.7. The van der Waals surface area contributed by atoms with Crippen LogP contribution in [0.5, 0.6) is 5.75 Å².